The predicted molar refractivity (Wildman–Crippen MR) is 79.3 cm³/mol. The van der Waals surface area contributed by atoms with Gasteiger partial charge in [-0.05, 0) is 57.7 Å². The van der Waals surface area contributed by atoms with Gasteiger partial charge in [0, 0.05) is 24.8 Å². The molecule has 18 heavy (non-hydrogen) atoms. The van der Waals surface area contributed by atoms with Crippen LogP contribution in [0.3, 0.4) is 0 Å². The second kappa shape index (κ2) is 6.79. The molecule has 0 saturated heterocycles. The topological polar surface area (TPSA) is 15.3 Å². The fourth-order valence-electron chi connectivity index (χ4n) is 2.73. The van der Waals surface area contributed by atoms with Gasteiger partial charge in [-0.15, -0.1) is 0 Å². The summed E-state index contributed by atoms with van der Waals surface area (Å²) in [6.07, 6.45) is 6.45. The Kier molecular flexibility index (Phi) is 5.06. The Balaban J connectivity index is 1.95. The van der Waals surface area contributed by atoms with E-state index in [1.807, 2.05) is 7.05 Å². The molecule has 1 aliphatic rings. The van der Waals surface area contributed by atoms with Crippen LogP contribution in [0.25, 0.3) is 0 Å². The molecule has 2 rings (SSSR count). The zero-order valence-corrected chi connectivity index (χ0v) is 11.8. The van der Waals surface area contributed by atoms with Crippen LogP contribution in [-0.2, 0) is 6.42 Å². The van der Waals surface area contributed by atoms with E-state index in [4.69, 9.17) is 0 Å². The zero-order chi connectivity index (χ0) is 12.8. The van der Waals surface area contributed by atoms with Gasteiger partial charge in [-0.25, -0.2) is 0 Å². The van der Waals surface area contributed by atoms with Crippen LogP contribution >= 0.6 is 0 Å². The summed E-state index contributed by atoms with van der Waals surface area (Å²) in [6, 6.07) is 9.57. The molecule has 0 fully saturated rings. The third-order valence-corrected chi connectivity index (χ3v) is 4.01. The highest BCUT2D eigenvalue weighted by Gasteiger charge is 2.14. The van der Waals surface area contributed by atoms with E-state index in [1.165, 1.54) is 56.4 Å². The molecule has 100 valence electrons. The fraction of sp³-hybridized carbons (Fsp3) is 0.625. The molecule has 0 radical (unpaired) electrons. The largest absolute Gasteiger partial charge is 0.371 e. The maximum absolute atomic E-state index is 3.32. The fourth-order valence-corrected chi connectivity index (χ4v) is 2.73. The van der Waals surface area contributed by atoms with E-state index < -0.39 is 0 Å². The van der Waals surface area contributed by atoms with Gasteiger partial charge in [0.25, 0.3) is 0 Å². The summed E-state index contributed by atoms with van der Waals surface area (Å²) >= 11 is 0. The molecule has 2 nitrogen and oxygen atoms in total. The van der Waals surface area contributed by atoms with Crippen molar-refractivity contribution in [3.8, 4) is 0 Å². The van der Waals surface area contributed by atoms with Crippen molar-refractivity contribution >= 4 is 5.69 Å². The highest BCUT2D eigenvalue weighted by Crippen LogP contribution is 2.26. The first-order valence-corrected chi connectivity index (χ1v) is 7.31. The van der Waals surface area contributed by atoms with Gasteiger partial charge in [-0.2, -0.15) is 0 Å². The standard InChI is InChI=1S/C16H26N2/c1-14(17-2)8-7-13-18-12-6-5-10-15-9-3-4-11-16(15)18/h3-4,9,11,14,17H,5-8,10,12-13H2,1-2H3. The molecular formula is C16H26N2. The van der Waals surface area contributed by atoms with Gasteiger partial charge in [-0.1, -0.05) is 18.2 Å². The molecule has 0 bridgehead atoms. The first-order valence-electron chi connectivity index (χ1n) is 7.31. The lowest BCUT2D eigenvalue weighted by Crippen LogP contribution is -2.28. The van der Waals surface area contributed by atoms with E-state index in [0.717, 1.165) is 0 Å². The molecule has 0 aliphatic carbocycles. The van der Waals surface area contributed by atoms with Crippen LogP contribution in [0.2, 0.25) is 0 Å². The molecule has 1 unspecified atom stereocenters. The van der Waals surface area contributed by atoms with Crippen LogP contribution in [-0.4, -0.2) is 26.2 Å². The number of nitrogens with zero attached hydrogens (tertiary/aromatic N) is 1. The van der Waals surface area contributed by atoms with E-state index in [9.17, 15) is 0 Å². The molecular weight excluding hydrogens is 220 g/mol. The number of anilines is 1. The van der Waals surface area contributed by atoms with Gasteiger partial charge in [0.1, 0.15) is 0 Å². The van der Waals surface area contributed by atoms with Gasteiger partial charge >= 0.3 is 0 Å². The van der Waals surface area contributed by atoms with E-state index in [0.29, 0.717) is 6.04 Å². The number of fused-ring (bicyclic) bond motifs is 1. The van der Waals surface area contributed by atoms with Crippen LogP contribution in [0.4, 0.5) is 5.69 Å². The lowest BCUT2D eigenvalue weighted by atomic mass is 10.1. The van der Waals surface area contributed by atoms with Gasteiger partial charge in [0.15, 0.2) is 0 Å². The summed E-state index contributed by atoms with van der Waals surface area (Å²) in [5.74, 6) is 0. The molecule has 1 aromatic carbocycles. The van der Waals surface area contributed by atoms with Crippen molar-refractivity contribution in [3.63, 3.8) is 0 Å². The number of benzene rings is 1. The van der Waals surface area contributed by atoms with Gasteiger partial charge in [0.2, 0.25) is 0 Å². The molecule has 0 spiro atoms. The number of aryl methyl sites for hydroxylation is 1. The molecule has 1 atom stereocenters. The van der Waals surface area contributed by atoms with Crippen LogP contribution in [0.5, 0.6) is 0 Å². The lowest BCUT2D eigenvalue weighted by molar-refractivity contribution is 0.536. The van der Waals surface area contributed by atoms with Crippen LogP contribution < -0.4 is 10.2 Å². The lowest BCUT2D eigenvalue weighted by Gasteiger charge is -2.25. The summed E-state index contributed by atoms with van der Waals surface area (Å²) < 4.78 is 0. The van der Waals surface area contributed by atoms with Crippen molar-refractivity contribution in [1.82, 2.24) is 5.32 Å². The summed E-state index contributed by atoms with van der Waals surface area (Å²) in [5, 5.41) is 3.32. The van der Waals surface area contributed by atoms with Crippen molar-refractivity contribution in [2.24, 2.45) is 0 Å². The van der Waals surface area contributed by atoms with Crippen molar-refractivity contribution in [3.05, 3.63) is 29.8 Å². The monoisotopic (exact) mass is 246 g/mol. The highest BCUT2D eigenvalue weighted by atomic mass is 15.1. The molecule has 0 saturated carbocycles. The number of hydrogen-bond acceptors (Lipinski definition) is 2. The number of nitrogens with one attached hydrogen (secondary N) is 1. The van der Waals surface area contributed by atoms with Crippen molar-refractivity contribution < 1.29 is 0 Å². The molecule has 1 aromatic rings. The van der Waals surface area contributed by atoms with E-state index >= 15 is 0 Å². The predicted octanol–water partition coefficient (Wildman–Crippen LogP) is 3.22. The minimum Gasteiger partial charge on any atom is -0.371 e. The maximum atomic E-state index is 3.32. The molecule has 1 aliphatic heterocycles. The van der Waals surface area contributed by atoms with E-state index in [1.54, 1.807) is 0 Å². The second-order valence-electron chi connectivity index (χ2n) is 5.40. The first-order chi connectivity index (χ1) is 8.81. The third-order valence-electron chi connectivity index (χ3n) is 4.01. The Morgan fingerprint density at radius 3 is 2.94 bits per heavy atom. The van der Waals surface area contributed by atoms with Crippen molar-refractivity contribution in [2.45, 2.75) is 45.1 Å². The minimum absolute atomic E-state index is 0.632. The maximum Gasteiger partial charge on any atom is 0.0398 e. The second-order valence-corrected chi connectivity index (χ2v) is 5.40. The first kappa shape index (κ1) is 13.4. The SMILES string of the molecule is CNC(C)CCCN1CCCCc2ccccc21. The van der Waals surface area contributed by atoms with Crippen LogP contribution in [0, 0.1) is 0 Å². The summed E-state index contributed by atoms with van der Waals surface area (Å²) in [6.45, 7) is 4.68. The Bertz CT molecular complexity index is 362. The Labute approximate surface area is 111 Å². The highest BCUT2D eigenvalue weighted by molar-refractivity contribution is 5.54. The normalized spacial score (nSPS) is 17.1. The molecule has 0 aromatic heterocycles. The van der Waals surface area contributed by atoms with Crippen LogP contribution in [0.1, 0.15) is 38.2 Å². The summed E-state index contributed by atoms with van der Waals surface area (Å²) in [4.78, 5) is 2.59. The third kappa shape index (κ3) is 3.49. The number of hydrogen-bond donors (Lipinski definition) is 1. The number of rotatable bonds is 5. The molecule has 1 N–H and O–H groups in total. The van der Waals surface area contributed by atoms with E-state index in [-0.39, 0.29) is 0 Å². The van der Waals surface area contributed by atoms with Gasteiger partial charge in [-0.3, -0.25) is 0 Å². The quantitative estimate of drug-likeness (QED) is 0.858. The number of para-hydroxylation sites is 1. The Morgan fingerprint density at radius 2 is 2.11 bits per heavy atom. The smallest absolute Gasteiger partial charge is 0.0398 e. The molecule has 1 heterocycles. The average Bonchev–Trinajstić information content (AvgIpc) is 2.61. The molecule has 0 amide bonds. The average molecular weight is 246 g/mol. The zero-order valence-electron chi connectivity index (χ0n) is 11.8. The van der Waals surface area contributed by atoms with Gasteiger partial charge < -0.3 is 10.2 Å². The van der Waals surface area contributed by atoms with Crippen molar-refractivity contribution in [2.75, 3.05) is 25.0 Å². The Morgan fingerprint density at radius 1 is 1.28 bits per heavy atom. The molecule has 2 heteroatoms. The minimum atomic E-state index is 0.632. The van der Waals surface area contributed by atoms with Crippen LogP contribution in [0.15, 0.2) is 24.3 Å². The van der Waals surface area contributed by atoms with Gasteiger partial charge in [0.05, 0.1) is 0 Å². The van der Waals surface area contributed by atoms with E-state index in [2.05, 4.69) is 41.4 Å². The van der Waals surface area contributed by atoms with Crippen molar-refractivity contribution in [1.29, 1.82) is 0 Å². The summed E-state index contributed by atoms with van der Waals surface area (Å²) in [7, 11) is 2.05. The summed E-state index contributed by atoms with van der Waals surface area (Å²) in [5.41, 5.74) is 3.02. The Hall–Kier alpha value is -1.02.